The maximum atomic E-state index is 5.17. The van der Waals surface area contributed by atoms with Crippen molar-refractivity contribution in [2.45, 2.75) is 45.1 Å². The van der Waals surface area contributed by atoms with Crippen molar-refractivity contribution in [1.82, 2.24) is 10.2 Å². The van der Waals surface area contributed by atoms with Gasteiger partial charge in [0.2, 0.25) is 0 Å². The molecule has 0 spiro atoms. The van der Waals surface area contributed by atoms with Gasteiger partial charge in [-0.25, -0.2) is 0 Å². The Kier molecular flexibility index (Phi) is 7.33. The fourth-order valence-corrected chi connectivity index (χ4v) is 5.48. The highest BCUT2D eigenvalue weighted by molar-refractivity contribution is 7.99. The molecule has 1 aliphatic heterocycles. The van der Waals surface area contributed by atoms with Gasteiger partial charge in [0, 0.05) is 38.5 Å². The Labute approximate surface area is 135 Å². The first-order chi connectivity index (χ1) is 10.2. The molecule has 1 saturated carbocycles. The Morgan fingerprint density at radius 1 is 1.38 bits per heavy atom. The lowest BCUT2D eigenvalue weighted by atomic mass is 9.69. The zero-order valence-electron chi connectivity index (χ0n) is 14.2. The van der Waals surface area contributed by atoms with E-state index in [1.807, 2.05) is 0 Å². The molecule has 0 bridgehead atoms. The summed E-state index contributed by atoms with van der Waals surface area (Å²) >= 11 is 2.12. The summed E-state index contributed by atoms with van der Waals surface area (Å²) in [6.07, 6.45) is 6.98. The van der Waals surface area contributed by atoms with Crippen LogP contribution in [0.25, 0.3) is 0 Å². The number of hydrogen-bond acceptors (Lipinski definition) is 4. The predicted octanol–water partition coefficient (Wildman–Crippen LogP) is 2.86. The molecule has 2 rings (SSSR count). The van der Waals surface area contributed by atoms with Gasteiger partial charge in [0.05, 0.1) is 6.61 Å². The molecule has 0 aromatic carbocycles. The van der Waals surface area contributed by atoms with E-state index in [4.69, 9.17) is 4.74 Å². The molecule has 3 atom stereocenters. The van der Waals surface area contributed by atoms with Crippen molar-refractivity contribution >= 4 is 11.8 Å². The van der Waals surface area contributed by atoms with Crippen molar-refractivity contribution in [3.63, 3.8) is 0 Å². The Hall–Kier alpha value is 0.230. The average Bonchev–Trinajstić information content (AvgIpc) is 2.98. The molecule has 2 fully saturated rings. The van der Waals surface area contributed by atoms with Gasteiger partial charge in [-0.3, -0.25) is 0 Å². The van der Waals surface area contributed by atoms with Crippen molar-refractivity contribution in [3.05, 3.63) is 0 Å². The van der Waals surface area contributed by atoms with Crippen LogP contribution < -0.4 is 5.32 Å². The van der Waals surface area contributed by atoms with Gasteiger partial charge < -0.3 is 15.0 Å². The molecule has 1 heterocycles. The fourth-order valence-electron chi connectivity index (χ4n) is 4.18. The molecule has 0 aromatic heterocycles. The summed E-state index contributed by atoms with van der Waals surface area (Å²) in [6, 6.07) is 0.808. The van der Waals surface area contributed by atoms with Crippen molar-refractivity contribution in [3.8, 4) is 0 Å². The van der Waals surface area contributed by atoms with E-state index >= 15 is 0 Å². The van der Waals surface area contributed by atoms with Gasteiger partial charge in [0.15, 0.2) is 0 Å². The summed E-state index contributed by atoms with van der Waals surface area (Å²) in [7, 11) is 4.14. The second kappa shape index (κ2) is 8.76. The molecular weight excluding hydrogens is 280 g/mol. The van der Waals surface area contributed by atoms with Gasteiger partial charge in [-0.15, -0.1) is 0 Å². The van der Waals surface area contributed by atoms with E-state index in [1.54, 1.807) is 7.11 Å². The maximum absolute atomic E-state index is 5.17. The van der Waals surface area contributed by atoms with Gasteiger partial charge >= 0.3 is 0 Å². The van der Waals surface area contributed by atoms with Crippen LogP contribution in [0.4, 0.5) is 0 Å². The van der Waals surface area contributed by atoms with E-state index in [0.29, 0.717) is 5.41 Å². The molecule has 4 heteroatoms. The maximum Gasteiger partial charge on any atom is 0.0587 e. The van der Waals surface area contributed by atoms with E-state index in [1.165, 1.54) is 50.2 Å². The van der Waals surface area contributed by atoms with Crippen molar-refractivity contribution in [1.29, 1.82) is 0 Å². The molecular formula is C17H34N2OS. The summed E-state index contributed by atoms with van der Waals surface area (Å²) in [4.78, 5) is 2.66. The summed E-state index contributed by atoms with van der Waals surface area (Å²) in [5, 5.41) is 3.66. The Morgan fingerprint density at radius 3 is 2.90 bits per heavy atom. The van der Waals surface area contributed by atoms with Crippen LogP contribution in [0.5, 0.6) is 0 Å². The number of methoxy groups -OCH3 is 1. The largest absolute Gasteiger partial charge is 0.383 e. The highest BCUT2D eigenvalue weighted by atomic mass is 32.2. The van der Waals surface area contributed by atoms with Crippen LogP contribution in [0.2, 0.25) is 0 Å². The van der Waals surface area contributed by atoms with E-state index < -0.39 is 0 Å². The summed E-state index contributed by atoms with van der Waals surface area (Å²) in [6.45, 7) is 6.66. The molecule has 3 unspecified atom stereocenters. The van der Waals surface area contributed by atoms with Crippen molar-refractivity contribution < 1.29 is 4.74 Å². The third-order valence-corrected chi connectivity index (χ3v) is 6.43. The molecule has 21 heavy (non-hydrogen) atoms. The highest BCUT2D eigenvalue weighted by Crippen LogP contribution is 2.40. The number of thioether (sulfide) groups is 1. The highest BCUT2D eigenvalue weighted by Gasteiger charge is 2.37. The number of rotatable bonds is 8. The van der Waals surface area contributed by atoms with Gasteiger partial charge in [-0.05, 0) is 43.4 Å². The van der Waals surface area contributed by atoms with Crippen LogP contribution in [0.3, 0.4) is 0 Å². The first kappa shape index (κ1) is 17.6. The average molecular weight is 315 g/mol. The monoisotopic (exact) mass is 314 g/mol. The minimum Gasteiger partial charge on any atom is -0.383 e. The second-order valence-corrected chi connectivity index (χ2v) is 8.45. The van der Waals surface area contributed by atoms with Gasteiger partial charge in [0.25, 0.3) is 0 Å². The van der Waals surface area contributed by atoms with E-state index in [-0.39, 0.29) is 0 Å². The Balaban J connectivity index is 1.90. The molecule has 3 nitrogen and oxygen atoms in total. The van der Waals surface area contributed by atoms with E-state index in [2.05, 4.69) is 35.9 Å². The number of nitrogens with one attached hydrogen (secondary N) is 1. The molecule has 2 aliphatic rings. The Bertz CT molecular complexity index is 297. The first-order valence-corrected chi connectivity index (χ1v) is 9.78. The van der Waals surface area contributed by atoms with Gasteiger partial charge in [0.1, 0.15) is 0 Å². The lowest BCUT2D eigenvalue weighted by Crippen LogP contribution is -2.48. The standard InChI is InChI=1S/C17H34N2OS/c1-15-5-4-7-17(11-15,13-18-8-9-20-3)14-19(2)16-6-10-21-12-16/h15-16,18H,4-14H2,1-3H3. The van der Waals surface area contributed by atoms with Crippen LogP contribution in [0.1, 0.15) is 39.0 Å². The lowest BCUT2D eigenvalue weighted by molar-refractivity contribution is 0.0750. The molecule has 0 radical (unpaired) electrons. The molecule has 1 saturated heterocycles. The van der Waals surface area contributed by atoms with Crippen LogP contribution in [0.15, 0.2) is 0 Å². The van der Waals surface area contributed by atoms with Gasteiger partial charge in [-0.2, -0.15) is 11.8 Å². The molecule has 1 aliphatic carbocycles. The predicted molar refractivity (Wildman–Crippen MR) is 93.2 cm³/mol. The minimum atomic E-state index is 0.480. The normalized spacial score (nSPS) is 33.7. The summed E-state index contributed by atoms with van der Waals surface area (Å²) < 4.78 is 5.17. The molecule has 1 N–H and O–H groups in total. The smallest absolute Gasteiger partial charge is 0.0587 e. The minimum absolute atomic E-state index is 0.480. The van der Waals surface area contributed by atoms with Crippen LogP contribution >= 0.6 is 11.8 Å². The zero-order chi connectivity index (χ0) is 15.1. The lowest BCUT2D eigenvalue weighted by Gasteiger charge is -2.44. The van der Waals surface area contributed by atoms with Gasteiger partial charge in [-0.1, -0.05) is 19.8 Å². The van der Waals surface area contributed by atoms with Crippen molar-refractivity contribution in [2.75, 3.05) is 51.9 Å². The third-order valence-electron chi connectivity index (χ3n) is 5.28. The zero-order valence-corrected chi connectivity index (χ0v) is 15.0. The van der Waals surface area contributed by atoms with Crippen LogP contribution in [-0.2, 0) is 4.74 Å². The number of nitrogens with zero attached hydrogens (tertiary/aromatic N) is 1. The third kappa shape index (κ3) is 5.42. The van der Waals surface area contributed by atoms with E-state index in [9.17, 15) is 0 Å². The number of ether oxygens (including phenoxy) is 1. The summed E-state index contributed by atoms with van der Waals surface area (Å²) in [5.41, 5.74) is 0.480. The van der Waals surface area contributed by atoms with Crippen molar-refractivity contribution in [2.24, 2.45) is 11.3 Å². The quantitative estimate of drug-likeness (QED) is 0.696. The topological polar surface area (TPSA) is 24.5 Å². The Morgan fingerprint density at radius 2 is 2.24 bits per heavy atom. The fraction of sp³-hybridized carbons (Fsp3) is 1.00. The SMILES string of the molecule is COCCNCC1(CN(C)C2CCSC2)CCCC(C)C1. The molecule has 124 valence electrons. The summed E-state index contributed by atoms with van der Waals surface area (Å²) in [5.74, 6) is 3.57. The number of hydrogen-bond donors (Lipinski definition) is 1. The second-order valence-electron chi connectivity index (χ2n) is 7.30. The van der Waals surface area contributed by atoms with Crippen LogP contribution in [0, 0.1) is 11.3 Å². The van der Waals surface area contributed by atoms with E-state index in [0.717, 1.165) is 31.7 Å². The first-order valence-electron chi connectivity index (χ1n) is 8.63. The molecule has 0 aromatic rings. The molecule has 0 amide bonds. The van der Waals surface area contributed by atoms with Crippen LogP contribution in [-0.4, -0.2) is 62.8 Å².